The normalized spacial score (nSPS) is 18.9. The van der Waals surface area contributed by atoms with Crippen molar-refractivity contribution in [1.82, 2.24) is 0 Å². The first-order chi connectivity index (χ1) is 4.61. The molecule has 0 saturated heterocycles. The summed E-state index contributed by atoms with van der Waals surface area (Å²) in [5.74, 6) is 1.14. The van der Waals surface area contributed by atoms with E-state index in [2.05, 4.69) is 38.3 Å². The van der Waals surface area contributed by atoms with Gasteiger partial charge in [0.2, 0.25) is 0 Å². The van der Waals surface area contributed by atoms with E-state index in [0.29, 0.717) is 5.41 Å². The lowest BCUT2D eigenvalue weighted by molar-refractivity contribution is 0.518. The third kappa shape index (κ3) is 1.91. The minimum absolute atomic E-state index is 0.323. The van der Waals surface area contributed by atoms with Crippen molar-refractivity contribution < 1.29 is 0 Å². The monoisotopic (exact) mass is 154 g/mol. The zero-order chi connectivity index (χ0) is 7.61. The van der Waals surface area contributed by atoms with Gasteiger partial charge in [0.05, 0.1) is 0 Å². The lowest BCUT2D eigenvalue weighted by atomic mass is 9.87. The molecule has 1 aliphatic rings. The van der Waals surface area contributed by atoms with Crippen LogP contribution in [0.15, 0.2) is 23.1 Å². The molecule has 1 heterocycles. The highest BCUT2D eigenvalue weighted by molar-refractivity contribution is 8.02. The van der Waals surface area contributed by atoms with Crippen LogP contribution >= 0.6 is 11.8 Å². The molecule has 0 aromatic rings. The largest absolute Gasteiger partial charge is 0.130 e. The number of rotatable bonds is 0. The maximum absolute atomic E-state index is 2.26. The van der Waals surface area contributed by atoms with Crippen LogP contribution in [0.1, 0.15) is 20.8 Å². The average molecular weight is 154 g/mol. The molecule has 1 heteroatoms. The molecule has 0 saturated carbocycles. The second-order valence-corrected chi connectivity index (χ2v) is 4.46. The van der Waals surface area contributed by atoms with E-state index in [0.717, 1.165) is 5.75 Å². The summed E-state index contributed by atoms with van der Waals surface area (Å²) >= 11 is 1.88. The number of hydrogen-bond acceptors (Lipinski definition) is 1. The summed E-state index contributed by atoms with van der Waals surface area (Å²) in [4.78, 5) is 0. The van der Waals surface area contributed by atoms with Crippen LogP contribution in [0.2, 0.25) is 0 Å². The predicted molar refractivity (Wildman–Crippen MR) is 49.1 cm³/mol. The van der Waals surface area contributed by atoms with Crippen LogP contribution in [0.25, 0.3) is 0 Å². The molecular weight excluding hydrogens is 140 g/mol. The molecule has 0 atom stereocenters. The van der Waals surface area contributed by atoms with E-state index in [1.54, 1.807) is 0 Å². The first kappa shape index (κ1) is 7.93. The average Bonchev–Trinajstić information content (AvgIpc) is 1.88. The summed E-state index contributed by atoms with van der Waals surface area (Å²) in [6, 6.07) is 0. The fourth-order valence-corrected chi connectivity index (χ4v) is 1.75. The third-order valence-corrected chi connectivity index (χ3v) is 2.37. The molecule has 0 aromatic heterocycles. The van der Waals surface area contributed by atoms with Crippen molar-refractivity contribution in [3.05, 3.63) is 23.1 Å². The first-order valence-electron chi connectivity index (χ1n) is 3.59. The lowest BCUT2D eigenvalue weighted by Crippen LogP contribution is -2.08. The Morgan fingerprint density at radius 2 is 2.10 bits per heavy atom. The predicted octanol–water partition coefficient (Wildman–Crippen LogP) is 3.22. The molecular formula is C9H14S. The molecule has 0 radical (unpaired) electrons. The molecule has 0 aliphatic carbocycles. The second kappa shape index (κ2) is 2.83. The fraction of sp³-hybridized carbons (Fsp3) is 0.556. The van der Waals surface area contributed by atoms with Crippen molar-refractivity contribution in [2.24, 2.45) is 5.41 Å². The smallest absolute Gasteiger partial charge is 0.0158 e. The standard InChI is InChI=1S/C9H14S/c1-9(2,3)8-5-4-6-10-7-8/h4-5,7H,6H2,1-3H3. The number of allylic oxidation sites excluding steroid dienone is 2. The van der Waals surface area contributed by atoms with Crippen LogP contribution in [0.5, 0.6) is 0 Å². The minimum Gasteiger partial charge on any atom is -0.130 e. The van der Waals surface area contributed by atoms with Gasteiger partial charge < -0.3 is 0 Å². The Morgan fingerprint density at radius 1 is 1.40 bits per heavy atom. The Balaban J connectivity index is 2.73. The molecule has 10 heavy (non-hydrogen) atoms. The number of thioether (sulfide) groups is 1. The summed E-state index contributed by atoms with van der Waals surface area (Å²) in [5, 5.41) is 2.26. The zero-order valence-electron chi connectivity index (χ0n) is 6.85. The Kier molecular flexibility index (Phi) is 2.24. The van der Waals surface area contributed by atoms with Crippen molar-refractivity contribution in [3.63, 3.8) is 0 Å². The molecule has 0 amide bonds. The van der Waals surface area contributed by atoms with Crippen LogP contribution in [-0.2, 0) is 0 Å². The molecule has 0 spiro atoms. The summed E-state index contributed by atoms with van der Waals surface area (Å²) in [6.07, 6.45) is 4.46. The van der Waals surface area contributed by atoms with Gasteiger partial charge >= 0.3 is 0 Å². The van der Waals surface area contributed by atoms with E-state index in [4.69, 9.17) is 0 Å². The molecule has 0 unspecified atom stereocenters. The van der Waals surface area contributed by atoms with Crippen molar-refractivity contribution in [3.8, 4) is 0 Å². The highest BCUT2D eigenvalue weighted by Crippen LogP contribution is 2.30. The van der Waals surface area contributed by atoms with Crippen molar-refractivity contribution in [2.45, 2.75) is 20.8 Å². The Morgan fingerprint density at radius 3 is 2.40 bits per heavy atom. The summed E-state index contributed by atoms with van der Waals surface area (Å²) in [5.41, 5.74) is 1.77. The van der Waals surface area contributed by atoms with E-state index in [-0.39, 0.29) is 0 Å². The van der Waals surface area contributed by atoms with Crippen molar-refractivity contribution in [2.75, 3.05) is 5.75 Å². The van der Waals surface area contributed by atoms with E-state index in [1.165, 1.54) is 5.57 Å². The molecule has 0 N–H and O–H groups in total. The van der Waals surface area contributed by atoms with Gasteiger partial charge in [0.15, 0.2) is 0 Å². The van der Waals surface area contributed by atoms with Crippen molar-refractivity contribution >= 4 is 11.8 Å². The highest BCUT2D eigenvalue weighted by atomic mass is 32.2. The van der Waals surface area contributed by atoms with Gasteiger partial charge in [0.1, 0.15) is 0 Å². The highest BCUT2D eigenvalue weighted by Gasteiger charge is 2.15. The van der Waals surface area contributed by atoms with Gasteiger partial charge in [-0.3, -0.25) is 0 Å². The van der Waals surface area contributed by atoms with Gasteiger partial charge in [-0.25, -0.2) is 0 Å². The van der Waals surface area contributed by atoms with Crippen LogP contribution in [0.4, 0.5) is 0 Å². The van der Waals surface area contributed by atoms with Crippen LogP contribution in [-0.4, -0.2) is 5.75 Å². The molecule has 1 aliphatic heterocycles. The quantitative estimate of drug-likeness (QED) is 0.516. The zero-order valence-corrected chi connectivity index (χ0v) is 7.66. The van der Waals surface area contributed by atoms with Crippen LogP contribution in [0.3, 0.4) is 0 Å². The van der Waals surface area contributed by atoms with Gasteiger partial charge in [-0.2, -0.15) is 0 Å². The van der Waals surface area contributed by atoms with Gasteiger partial charge in [0, 0.05) is 5.75 Å². The van der Waals surface area contributed by atoms with Gasteiger partial charge in [-0.05, 0) is 16.4 Å². The van der Waals surface area contributed by atoms with Crippen LogP contribution in [0, 0.1) is 5.41 Å². The molecule has 0 nitrogen and oxygen atoms in total. The Hall–Kier alpha value is -0.170. The summed E-state index contributed by atoms with van der Waals surface area (Å²) in [6.45, 7) is 6.74. The topological polar surface area (TPSA) is 0 Å². The molecule has 0 bridgehead atoms. The summed E-state index contributed by atoms with van der Waals surface area (Å²) < 4.78 is 0. The molecule has 0 aromatic carbocycles. The van der Waals surface area contributed by atoms with Crippen LogP contribution < -0.4 is 0 Å². The summed E-state index contributed by atoms with van der Waals surface area (Å²) in [7, 11) is 0. The van der Waals surface area contributed by atoms with E-state index < -0.39 is 0 Å². The SMILES string of the molecule is CC(C)(C)C1=CSCC=C1. The van der Waals surface area contributed by atoms with Gasteiger partial charge in [0.25, 0.3) is 0 Å². The molecule has 56 valence electrons. The van der Waals surface area contributed by atoms with Crippen molar-refractivity contribution in [1.29, 1.82) is 0 Å². The lowest BCUT2D eigenvalue weighted by Gasteiger charge is -2.21. The van der Waals surface area contributed by atoms with E-state index in [9.17, 15) is 0 Å². The molecule has 0 fully saturated rings. The van der Waals surface area contributed by atoms with E-state index >= 15 is 0 Å². The Labute approximate surface area is 67.4 Å². The third-order valence-electron chi connectivity index (χ3n) is 1.57. The number of hydrogen-bond donors (Lipinski definition) is 0. The van der Waals surface area contributed by atoms with Gasteiger partial charge in [-0.15, -0.1) is 11.8 Å². The van der Waals surface area contributed by atoms with Gasteiger partial charge in [-0.1, -0.05) is 32.9 Å². The minimum atomic E-state index is 0.323. The maximum atomic E-state index is 2.26. The molecule has 1 rings (SSSR count). The maximum Gasteiger partial charge on any atom is 0.0158 e. The first-order valence-corrected chi connectivity index (χ1v) is 4.64. The Bertz CT molecular complexity index is 170. The van der Waals surface area contributed by atoms with E-state index in [1.807, 2.05) is 11.8 Å². The fourth-order valence-electron chi connectivity index (χ4n) is 0.835. The second-order valence-electron chi connectivity index (χ2n) is 3.56.